The molecular weight excluding hydrogens is 256 g/mol. The Labute approximate surface area is 116 Å². The Morgan fingerprint density at radius 2 is 1.65 bits per heavy atom. The average Bonchev–Trinajstić information content (AvgIpc) is 2.44. The van der Waals surface area contributed by atoms with Crippen molar-refractivity contribution in [2.75, 3.05) is 10.6 Å². The number of hydrogen-bond donors (Lipinski definition) is 2. The molecule has 0 atom stereocenters. The van der Waals surface area contributed by atoms with E-state index in [4.69, 9.17) is 0 Å². The zero-order chi connectivity index (χ0) is 14.5. The van der Waals surface area contributed by atoms with Crippen LogP contribution in [0.15, 0.2) is 36.7 Å². The van der Waals surface area contributed by atoms with Crippen molar-refractivity contribution in [2.45, 2.75) is 13.8 Å². The Balaban J connectivity index is 2.04. The summed E-state index contributed by atoms with van der Waals surface area (Å²) in [6.07, 6.45) is 2.95. The summed E-state index contributed by atoms with van der Waals surface area (Å²) in [5.41, 5.74) is 2.49. The average molecular weight is 270 g/mol. The lowest BCUT2D eigenvalue weighted by molar-refractivity contribution is -0.133. The molecule has 0 aliphatic rings. The first kappa shape index (κ1) is 13.7. The molecule has 6 nitrogen and oxygen atoms in total. The van der Waals surface area contributed by atoms with Gasteiger partial charge in [0.1, 0.15) is 0 Å². The predicted molar refractivity (Wildman–Crippen MR) is 75.2 cm³/mol. The van der Waals surface area contributed by atoms with Crippen LogP contribution in [0.4, 0.5) is 11.6 Å². The van der Waals surface area contributed by atoms with Crippen LogP contribution in [0.2, 0.25) is 0 Å². The highest BCUT2D eigenvalue weighted by atomic mass is 16.2. The second-order valence-electron chi connectivity index (χ2n) is 4.30. The lowest BCUT2D eigenvalue weighted by Crippen LogP contribution is -2.30. The van der Waals surface area contributed by atoms with Crippen molar-refractivity contribution in [3.05, 3.63) is 47.8 Å². The minimum atomic E-state index is -0.808. The van der Waals surface area contributed by atoms with Gasteiger partial charge in [-0.1, -0.05) is 12.1 Å². The van der Waals surface area contributed by atoms with E-state index < -0.39 is 11.8 Å². The summed E-state index contributed by atoms with van der Waals surface area (Å²) in [6, 6.07) is 7.23. The van der Waals surface area contributed by atoms with Crippen molar-refractivity contribution in [2.24, 2.45) is 0 Å². The van der Waals surface area contributed by atoms with Gasteiger partial charge in [-0.25, -0.2) is 9.97 Å². The van der Waals surface area contributed by atoms with Gasteiger partial charge in [-0.2, -0.15) is 0 Å². The molecule has 0 aliphatic carbocycles. The monoisotopic (exact) mass is 270 g/mol. The number of carbonyl (C=O) groups excluding carboxylic acids is 2. The summed E-state index contributed by atoms with van der Waals surface area (Å²) in [7, 11) is 0. The first-order chi connectivity index (χ1) is 9.56. The van der Waals surface area contributed by atoms with E-state index in [1.165, 1.54) is 12.4 Å². The van der Waals surface area contributed by atoms with Crippen molar-refractivity contribution in [3.8, 4) is 0 Å². The Hall–Kier alpha value is -2.76. The molecule has 1 aromatic carbocycles. The highest BCUT2D eigenvalue weighted by Gasteiger charge is 2.15. The summed E-state index contributed by atoms with van der Waals surface area (Å²) in [5.74, 6) is -1.48. The molecule has 0 radical (unpaired) electrons. The molecule has 6 heteroatoms. The Morgan fingerprint density at radius 1 is 1.00 bits per heavy atom. The highest BCUT2D eigenvalue weighted by Crippen LogP contribution is 2.16. The lowest BCUT2D eigenvalue weighted by Gasteiger charge is -2.09. The number of nitrogens with one attached hydrogen (secondary N) is 2. The largest absolute Gasteiger partial charge is 0.318 e. The minimum absolute atomic E-state index is 0.0913. The minimum Gasteiger partial charge on any atom is -0.318 e. The van der Waals surface area contributed by atoms with Gasteiger partial charge in [-0.15, -0.1) is 0 Å². The van der Waals surface area contributed by atoms with Crippen LogP contribution in [0.3, 0.4) is 0 Å². The number of nitrogens with zero attached hydrogens (tertiary/aromatic N) is 2. The zero-order valence-corrected chi connectivity index (χ0v) is 11.2. The number of carbonyl (C=O) groups is 2. The first-order valence-corrected chi connectivity index (χ1v) is 6.03. The molecule has 2 rings (SSSR count). The van der Waals surface area contributed by atoms with Gasteiger partial charge in [0, 0.05) is 18.1 Å². The van der Waals surface area contributed by atoms with E-state index in [0.29, 0.717) is 5.69 Å². The third-order valence-electron chi connectivity index (χ3n) is 2.64. The molecule has 2 N–H and O–H groups in total. The van der Waals surface area contributed by atoms with Gasteiger partial charge in [0.15, 0.2) is 0 Å². The zero-order valence-electron chi connectivity index (χ0n) is 11.2. The molecule has 0 aliphatic heterocycles. The molecule has 2 amide bonds. The van der Waals surface area contributed by atoms with Crippen molar-refractivity contribution < 1.29 is 9.59 Å². The molecule has 0 saturated carbocycles. The molecule has 20 heavy (non-hydrogen) atoms. The summed E-state index contributed by atoms with van der Waals surface area (Å²) in [4.78, 5) is 31.1. The Morgan fingerprint density at radius 3 is 2.35 bits per heavy atom. The summed E-state index contributed by atoms with van der Waals surface area (Å²) < 4.78 is 0. The van der Waals surface area contributed by atoms with Crippen molar-refractivity contribution in [1.82, 2.24) is 9.97 Å². The van der Waals surface area contributed by atoms with E-state index in [1.54, 1.807) is 12.1 Å². The van der Waals surface area contributed by atoms with E-state index in [1.807, 2.05) is 26.0 Å². The maximum Gasteiger partial charge on any atom is 0.316 e. The molecule has 1 aromatic heterocycles. The van der Waals surface area contributed by atoms with Crippen molar-refractivity contribution in [3.63, 3.8) is 0 Å². The summed E-state index contributed by atoms with van der Waals surface area (Å²) >= 11 is 0. The van der Waals surface area contributed by atoms with Crippen LogP contribution < -0.4 is 10.6 Å². The molecule has 102 valence electrons. The smallest absolute Gasteiger partial charge is 0.316 e. The van der Waals surface area contributed by atoms with Gasteiger partial charge >= 0.3 is 11.8 Å². The van der Waals surface area contributed by atoms with Crippen LogP contribution in [0.1, 0.15) is 11.1 Å². The third kappa shape index (κ3) is 3.38. The highest BCUT2D eigenvalue weighted by molar-refractivity contribution is 6.43. The molecule has 2 aromatic rings. The molecule has 1 heterocycles. The fraction of sp³-hybridized carbons (Fsp3) is 0.143. The predicted octanol–water partition coefficient (Wildman–Crippen LogP) is 1.67. The van der Waals surface area contributed by atoms with Gasteiger partial charge in [0.2, 0.25) is 5.95 Å². The third-order valence-corrected chi connectivity index (χ3v) is 2.64. The van der Waals surface area contributed by atoms with Gasteiger partial charge < -0.3 is 5.32 Å². The quantitative estimate of drug-likeness (QED) is 0.813. The summed E-state index contributed by atoms with van der Waals surface area (Å²) in [5, 5.41) is 4.89. The number of amides is 2. The van der Waals surface area contributed by atoms with Crippen molar-refractivity contribution >= 4 is 23.5 Å². The molecular formula is C14H14N4O2. The SMILES string of the molecule is Cc1ccc(C)c(NC(=O)C(=O)Nc2ncccn2)c1. The van der Waals surface area contributed by atoms with Crippen LogP contribution >= 0.6 is 0 Å². The first-order valence-electron chi connectivity index (χ1n) is 6.03. The maximum absolute atomic E-state index is 11.8. The van der Waals surface area contributed by atoms with Crippen LogP contribution in [0.5, 0.6) is 0 Å². The maximum atomic E-state index is 11.8. The lowest BCUT2D eigenvalue weighted by atomic mass is 10.1. The Bertz CT molecular complexity index is 641. The normalized spacial score (nSPS) is 9.90. The van der Waals surface area contributed by atoms with Gasteiger partial charge in [-0.3, -0.25) is 14.9 Å². The molecule has 0 fully saturated rings. The van der Waals surface area contributed by atoms with Gasteiger partial charge in [0.25, 0.3) is 0 Å². The van der Waals surface area contributed by atoms with E-state index in [9.17, 15) is 9.59 Å². The van der Waals surface area contributed by atoms with Crippen molar-refractivity contribution in [1.29, 1.82) is 0 Å². The number of anilines is 2. The molecule has 0 bridgehead atoms. The van der Waals surface area contributed by atoms with Crippen LogP contribution in [-0.2, 0) is 9.59 Å². The van der Waals surface area contributed by atoms with Crippen LogP contribution in [-0.4, -0.2) is 21.8 Å². The van der Waals surface area contributed by atoms with E-state index >= 15 is 0 Å². The summed E-state index contributed by atoms with van der Waals surface area (Å²) in [6.45, 7) is 3.76. The second-order valence-corrected chi connectivity index (χ2v) is 4.30. The van der Waals surface area contributed by atoms with Crippen LogP contribution in [0.25, 0.3) is 0 Å². The number of hydrogen-bond acceptors (Lipinski definition) is 4. The molecule has 0 saturated heterocycles. The van der Waals surface area contributed by atoms with Gasteiger partial charge in [-0.05, 0) is 37.1 Å². The fourth-order valence-corrected chi connectivity index (χ4v) is 1.57. The number of aryl methyl sites for hydroxylation is 2. The number of rotatable bonds is 2. The standard InChI is InChI=1S/C14H14N4O2/c1-9-4-5-10(2)11(8-9)17-12(19)13(20)18-14-15-6-3-7-16-14/h3-8H,1-2H3,(H,17,19)(H,15,16,18,20). The number of benzene rings is 1. The molecule has 0 spiro atoms. The second kappa shape index (κ2) is 5.92. The van der Waals surface area contributed by atoms with Crippen LogP contribution in [0, 0.1) is 13.8 Å². The van der Waals surface area contributed by atoms with Gasteiger partial charge in [0.05, 0.1) is 0 Å². The van der Waals surface area contributed by atoms with E-state index in [-0.39, 0.29) is 5.95 Å². The topological polar surface area (TPSA) is 84.0 Å². The molecule has 0 unspecified atom stereocenters. The van der Waals surface area contributed by atoms with E-state index in [2.05, 4.69) is 20.6 Å². The number of aromatic nitrogens is 2. The Kier molecular flexibility index (Phi) is 4.05. The van der Waals surface area contributed by atoms with E-state index in [0.717, 1.165) is 11.1 Å². The fourth-order valence-electron chi connectivity index (χ4n) is 1.57.